The van der Waals surface area contributed by atoms with Gasteiger partial charge < -0.3 is 15.1 Å². The molecule has 0 aromatic heterocycles. The summed E-state index contributed by atoms with van der Waals surface area (Å²) in [5.41, 5.74) is 0. The summed E-state index contributed by atoms with van der Waals surface area (Å²) in [6.45, 7) is 4.98. The summed E-state index contributed by atoms with van der Waals surface area (Å²) in [6, 6.07) is -0.588. The van der Waals surface area contributed by atoms with E-state index >= 15 is 0 Å². The highest BCUT2D eigenvalue weighted by atomic mass is 32.1. The van der Waals surface area contributed by atoms with E-state index in [4.69, 9.17) is 0 Å². The van der Waals surface area contributed by atoms with E-state index in [-0.39, 0.29) is 23.5 Å². The number of nitrogens with one attached hydrogen (secondary N) is 1. The largest absolute Gasteiger partial charge is 0.344 e. The van der Waals surface area contributed by atoms with Crippen molar-refractivity contribution in [2.75, 3.05) is 31.9 Å². The molecule has 1 rings (SSSR count). The summed E-state index contributed by atoms with van der Waals surface area (Å²) in [5, 5.41) is 2.57. The molecule has 1 atom stereocenters. The zero-order valence-corrected chi connectivity index (χ0v) is 11.6. The van der Waals surface area contributed by atoms with Crippen LogP contribution in [0.4, 0.5) is 0 Å². The lowest BCUT2D eigenvalue weighted by Crippen LogP contribution is -2.56. The normalized spacial score (nSPS) is 17.3. The highest BCUT2D eigenvalue weighted by molar-refractivity contribution is 7.80. The summed E-state index contributed by atoms with van der Waals surface area (Å²) < 4.78 is 0. The molecule has 0 aromatic rings. The van der Waals surface area contributed by atoms with Crippen molar-refractivity contribution in [2.24, 2.45) is 0 Å². The van der Waals surface area contributed by atoms with Gasteiger partial charge in [-0.25, -0.2) is 0 Å². The van der Waals surface area contributed by atoms with Crippen LogP contribution in [0.5, 0.6) is 0 Å². The Labute approximate surface area is 112 Å². The molecule has 1 fully saturated rings. The van der Waals surface area contributed by atoms with E-state index in [9.17, 15) is 14.4 Å². The van der Waals surface area contributed by atoms with Gasteiger partial charge in [-0.05, 0) is 0 Å². The van der Waals surface area contributed by atoms with Crippen molar-refractivity contribution in [1.29, 1.82) is 0 Å². The highest BCUT2D eigenvalue weighted by Gasteiger charge is 2.27. The van der Waals surface area contributed by atoms with Crippen molar-refractivity contribution in [1.82, 2.24) is 15.1 Å². The molecule has 1 aliphatic heterocycles. The minimum atomic E-state index is -0.588. The predicted molar refractivity (Wildman–Crippen MR) is 70.3 cm³/mol. The number of amides is 3. The molecule has 102 valence electrons. The molecule has 1 aliphatic rings. The number of rotatable bonds is 3. The Morgan fingerprint density at radius 3 is 2.00 bits per heavy atom. The van der Waals surface area contributed by atoms with E-state index in [0.29, 0.717) is 26.2 Å². The number of carbonyl (C=O) groups is 3. The molecule has 1 heterocycles. The quantitative estimate of drug-likeness (QED) is 0.656. The smallest absolute Gasteiger partial charge is 0.246 e. The van der Waals surface area contributed by atoms with Crippen LogP contribution in [0.1, 0.15) is 13.8 Å². The van der Waals surface area contributed by atoms with Crippen molar-refractivity contribution < 1.29 is 14.4 Å². The van der Waals surface area contributed by atoms with Gasteiger partial charge >= 0.3 is 0 Å². The first kappa shape index (κ1) is 14.8. The summed E-state index contributed by atoms with van der Waals surface area (Å²) in [7, 11) is 0. The van der Waals surface area contributed by atoms with Crippen LogP contribution in [-0.2, 0) is 14.4 Å². The maximum Gasteiger partial charge on any atom is 0.246 e. The lowest BCUT2D eigenvalue weighted by atomic mass is 10.2. The molecule has 1 N–H and O–H groups in total. The molecule has 0 aromatic carbocycles. The van der Waals surface area contributed by atoms with Crippen LogP contribution in [0.3, 0.4) is 0 Å². The molecule has 0 spiro atoms. The Hall–Kier alpha value is -1.24. The van der Waals surface area contributed by atoms with Crippen LogP contribution in [-0.4, -0.2) is 65.5 Å². The lowest BCUT2D eigenvalue weighted by Gasteiger charge is -2.35. The second kappa shape index (κ2) is 6.63. The van der Waals surface area contributed by atoms with E-state index in [1.807, 2.05) is 0 Å². The van der Waals surface area contributed by atoms with Crippen LogP contribution in [0.15, 0.2) is 0 Å². The third-order valence-corrected chi connectivity index (χ3v) is 3.26. The molecule has 0 bridgehead atoms. The number of carbonyl (C=O) groups excluding carboxylic acids is 3. The average Bonchev–Trinajstić information content (AvgIpc) is 2.35. The van der Waals surface area contributed by atoms with E-state index in [1.165, 1.54) is 13.8 Å². The SMILES string of the molecule is CC(=O)NC(CS)C(=O)N1CCN(C(C)=O)CC1. The fourth-order valence-corrected chi connectivity index (χ4v) is 2.14. The van der Waals surface area contributed by atoms with E-state index < -0.39 is 6.04 Å². The predicted octanol–water partition coefficient (Wildman–Crippen LogP) is -0.888. The Morgan fingerprint density at radius 1 is 1.11 bits per heavy atom. The molecular weight excluding hydrogens is 254 g/mol. The van der Waals surface area contributed by atoms with Crippen molar-refractivity contribution in [2.45, 2.75) is 19.9 Å². The van der Waals surface area contributed by atoms with Gasteiger partial charge in [0.25, 0.3) is 0 Å². The summed E-state index contributed by atoms with van der Waals surface area (Å²) in [4.78, 5) is 37.6. The van der Waals surface area contributed by atoms with Crippen molar-refractivity contribution in [3.63, 3.8) is 0 Å². The minimum Gasteiger partial charge on any atom is -0.344 e. The monoisotopic (exact) mass is 273 g/mol. The zero-order valence-electron chi connectivity index (χ0n) is 10.7. The van der Waals surface area contributed by atoms with Gasteiger partial charge in [0.2, 0.25) is 17.7 Å². The zero-order chi connectivity index (χ0) is 13.7. The number of hydrogen-bond donors (Lipinski definition) is 2. The topological polar surface area (TPSA) is 69.7 Å². The van der Waals surface area contributed by atoms with Crippen molar-refractivity contribution >= 4 is 30.4 Å². The summed E-state index contributed by atoms with van der Waals surface area (Å²) in [6.07, 6.45) is 0. The minimum absolute atomic E-state index is 0.0229. The maximum absolute atomic E-state index is 12.1. The average molecular weight is 273 g/mol. The number of hydrogen-bond acceptors (Lipinski definition) is 4. The first-order valence-electron chi connectivity index (χ1n) is 5.88. The van der Waals surface area contributed by atoms with Gasteiger partial charge in [0.15, 0.2) is 0 Å². The van der Waals surface area contributed by atoms with Crippen LogP contribution in [0.25, 0.3) is 0 Å². The van der Waals surface area contributed by atoms with Crippen LogP contribution < -0.4 is 5.32 Å². The molecule has 0 saturated carbocycles. The lowest BCUT2D eigenvalue weighted by molar-refractivity contribution is -0.140. The van der Waals surface area contributed by atoms with Gasteiger partial charge in [0.1, 0.15) is 6.04 Å². The van der Waals surface area contributed by atoms with Gasteiger partial charge in [-0.1, -0.05) is 0 Å². The van der Waals surface area contributed by atoms with Crippen molar-refractivity contribution in [3.05, 3.63) is 0 Å². The third kappa shape index (κ3) is 3.90. The summed E-state index contributed by atoms with van der Waals surface area (Å²) in [5.74, 6) is -0.0893. The molecule has 0 radical (unpaired) electrons. The number of piperazine rings is 1. The second-order valence-electron chi connectivity index (χ2n) is 4.27. The number of thiol groups is 1. The third-order valence-electron chi connectivity index (χ3n) is 2.89. The van der Waals surface area contributed by atoms with Crippen LogP contribution >= 0.6 is 12.6 Å². The Bertz CT molecular complexity index is 340. The summed E-state index contributed by atoms with van der Waals surface area (Å²) >= 11 is 4.07. The molecule has 6 nitrogen and oxygen atoms in total. The Morgan fingerprint density at radius 2 is 1.61 bits per heavy atom. The van der Waals surface area contributed by atoms with E-state index in [1.54, 1.807) is 9.80 Å². The molecule has 7 heteroatoms. The molecule has 1 unspecified atom stereocenters. The van der Waals surface area contributed by atoms with E-state index in [2.05, 4.69) is 17.9 Å². The number of nitrogens with zero attached hydrogens (tertiary/aromatic N) is 2. The fraction of sp³-hybridized carbons (Fsp3) is 0.727. The van der Waals surface area contributed by atoms with Crippen molar-refractivity contribution in [3.8, 4) is 0 Å². The molecular formula is C11H19N3O3S. The second-order valence-corrected chi connectivity index (χ2v) is 4.63. The molecule has 1 saturated heterocycles. The molecule has 18 heavy (non-hydrogen) atoms. The van der Waals surface area contributed by atoms with Gasteiger partial charge in [0.05, 0.1) is 0 Å². The fourth-order valence-electron chi connectivity index (χ4n) is 1.89. The highest BCUT2D eigenvalue weighted by Crippen LogP contribution is 2.05. The van der Waals surface area contributed by atoms with Crippen LogP contribution in [0, 0.1) is 0 Å². The van der Waals surface area contributed by atoms with Gasteiger partial charge in [-0.2, -0.15) is 12.6 Å². The Balaban J connectivity index is 2.52. The first-order chi connectivity index (χ1) is 8.45. The first-order valence-corrected chi connectivity index (χ1v) is 6.51. The maximum atomic E-state index is 12.1. The standard InChI is InChI=1S/C11H19N3O3S/c1-8(15)12-10(7-18)11(17)14-5-3-13(4-6-14)9(2)16/h10,18H,3-7H2,1-2H3,(H,12,15). The van der Waals surface area contributed by atoms with Gasteiger partial charge in [-0.15, -0.1) is 0 Å². The van der Waals surface area contributed by atoms with Gasteiger partial charge in [0, 0.05) is 45.8 Å². The molecule has 3 amide bonds. The van der Waals surface area contributed by atoms with E-state index in [0.717, 1.165) is 0 Å². The van der Waals surface area contributed by atoms with Gasteiger partial charge in [-0.3, -0.25) is 14.4 Å². The van der Waals surface area contributed by atoms with Crippen LogP contribution in [0.2, 0.25) is 0 Å². The Kier molecular flexibility index (Phi) is 5.46. The molecule has 0 aliphatic carbocycles.